The van der Waals surface area contributed by atoms with E-state index in [4.69, 9.17) is 16.8 Å². The van der Waals surface area contributed by atoms with E-state index in [1.807, 2.05) is 0 Å². The van der Waals surface area contributed by atoms with Crippen molar-refractivity contribution >= 4 is 17.8 Å². The van der Waals surface area contributed by atoms with Crippen LogP contribution in [0.15, 0.2) is 23.6 Å². The molecule has 1 aromatic heterocycles. The SMILES string of the molecule is ON=CC1(c2cncc(Cl)c2)CC2CCC(C1)N2CC(F)(F)F. The molecule has 4 nitrogen and oxygen atoms in total. The molecule has 1 aromatic rings. The molecule has 2 aliphatic rings. The van der Waals surface area contributed by atoms with Gasteiger partial charge in [-0.3, -0.25) is 9.88 Å². The Labute approximate surface area is 136 Å². The molecule has 0 spiro atoms. The van der Waals surface area contributed by atoms with Crippen LogP contribution in [0.25, 0.3) is 0 Å². The largest absolute Gasteiger partial charge is 0.411 e. The van der Waals surface area contributed by atoms with Crippen molar-refractivity contribution in [1.82, 2.24) is 9.88 Å². The second kappa shape index (κ2) is 5.94. The van der Waals surface area contributed by atoms with Gasteiger partial charge in [0.05, 0.1) is 17.8 Å². The summed E-state index contributed by atoms with van der Waals surface area (Å²) >= 11 is 6.00. The van der Waals surface area contributed by atoms with E-state index >= 15 is 0 Å². The minimum atomic E-state index is -4.20. The summed E-state index contributed by atoms with van der Waals surface area (Å²) in [7, 11) is 0. The van der Waals surface area contributed by atoms with E-state index in [-0.39, 0.29) is 12.1 Å². The lowest BCUT2D eigenvalue weighted by atomic mass is 9.71. The number of rotatable bonds is 3. The van der Waals surface area contributed by atoms with E-state index in [0.29, 0.717) is 17.9 Å². The Balaban J connectivity index is 1.91. The first-order valence-electron chi connectivity index (χ1n) is 7.45. The molecule has 0 aliphatic carbocycles. The number of halogens is 4. The normalized spacial score (nSPS) is 31.8. The first-order chi connectivity index (χ1) is 10.8. The maximum Gasteiger partial charge on any atom is 0.401 e. The average molecular weight is 348 g/mol. The monoisotopic (exact) mass is 347 g/mol. The third kappa shape index (κ3) is 3.30. The topological polar surface area (TPSA) is 48.7 Å². The van der Waals surface area contributed by atoms with Crippen LogP contribution < -0.4 is 0 Å². The van der Waals surface area contributed by atoms with Gasteiger partial charge in [0.2, 0.25) is 0 Å². The summed E-state index contributed by atoms with van der Waals surface area (Å²) in [4.78, 5) is 5.61. The summed E-state index contributed by atoms with van der Waals surface area (Å²) in [5, 5.41) is 12.7. The second-order valence-corrected chi connectivity index (χ2v) is 6.81. The van der Waals surface area contributed by atoms with Crippen LogP contribution in [0.3, 0.4) is 0 Å². The third-order valence-corrected chi connectivity index (χ3v) is 5.12. The molecule has 0 amide bonds. The highest BCUT2D eigenvalue weighted by atomic mass is 35.5. The standard InChI is InChI=1S/C15H17ClF3N3O/c16-11-3-10(6-20-7-11)14(8-21-23)4-12-1-2-13(5-14)22(12)9-15(17,18)19/h3,6-8,12-13,23H,1-2,4-5,9H2. The lowest BCUT2D eigenvalue weighted by molar-refractivity contribution is -0.156. The van der Waals surface area contributed by atoms with Crippen molar-refractivity contribution in [3.05, 3.63) is 29.0 Å². The van der Waals surface area contributed by atoms with E-state index in [1.165, 1.54) is 12.4 Å². The van der Waals surface area contributed by atoms with Gasteiger partial charge in [0.25, 0.3) is 0 Å². The van der Waals surface area contributed by atoms with Gasteiger partial charge in [0.15, 0.2) is 0 Å². The van der Waals surface area contributed by atoms with Crippen molar-refractivity contribution in [1.29, 1.82) is 0 Å². The van der Waals surface area contributed by atoms with Gasteiger partial charge < -0.3 is 5.21 Å². The van der Waals surface area contributed by atoms with E-state index in [2.05, 4.69) is 10.1 Å². The Hall–Kier alpha value is -1.34. The highest BCUT2D eigenvalue weighted by molar-refractivity contribution is 6.30. The molecule has 2 fully saturated rings. The van der Waals surface area contributed by atoms with Gasteiger partial charge in [-0.05, 0) is 37.3 Å². The molecule has 126 valence electrons. The molecule has 2 saturated heterocycles. The van der Waals surface area contributed by atoms with Crippen LogP contribution in [-0.4, -0.2) is 46.1 Å². The number of piperidine rings is 1. The molecule has 2 atom stereocenters. The molecule has 23 heavy (non-hydrogen) atoms. The lowest BCUT2D eigenvalue weighted by Gasteiger charge is -2.45. The van der Waals surface area contributed by atoms with Gasteiger partial charge in [0.1, 0.15) is 0 Å². The fourth-order valence-electron chi connectivity index (χ4n) is 4.05. The van der Waals surface area contributed by atoms with E-state index in [1.54, 1.807) is 17.2 Å². The Morgan fingerprint density at radius 1 is 1.35 bits per heavy atom. The minimum absolute atomic E-state index is 0.188. The molecule has 0 saturated carbocycles. The lowest BCUT2D eigenvalue weighted by Crippen LogP contribution is -2.52. The fourth-order valence-corrected chi connectivity index (χ4v) is 4.23. The molecule has 0 aromatic carbocycles. The number of alkyl halides is 3. The zero-order valence-electron chi connectivity index (χ0n) is 12.3. The van der Waals surface area contributed by atoms with Gasteiger partial charge in [-0.2, -0.15) is 13.2 Å². The van der Waals surface area contributed by atoms with Crippen molar-refractivity contribution in [2.24, 2.45) is 5.16 Å². The molecular formula is C15H17ClF3N3O. The number of hydrogen-bond donors (Lipinski definition) is 1. The van der Waals surface area contributed by atoms with Gasteiger partial charge in [-0.25, -0.2) is 0 Å². The van der Waals surface area contributed by atoms with Gasteiger partial charge >= 0.3 is 6.18 Å². The minimum Gasteiger partial charge on any atom is -0.411 e. The average Bonchev–Trinajstić information content (AvgIpc) is 2.70. The van der Waals surface area contributed by atoms with Crippen molar-refractivity contribution in [3.63, 3.8) is 0 Å². The van der Waals surface area contributed by atoms with Crippen LogP contribution in [0.1, 0.15) is 31.2 Å². The summed E-state index contributed by atoms with van der Waals surface area (Å²) in [6.45, 7) is -0.886. The van der Waals surface area contributed by atoms with Crippen LogP contribution in [0.2, 0.25) is 5.02 Å². The molecular weight excluding hydrogens is 331 g/mol. The van der Waals surface area contributed by atoms with Crippen LogP contribution >= 0.6 is 11.6 Å². The quantitative estimate of drug-likeness (QED) is 0.516. The first-order valence-corrected chi connectivity index (χ1v) is 7.83. The first kappa shape index (κ1) is 16.5. The molecule has 3 rings (SSSR count). The van der Waals surface area contributed by atoms with E-state index < -0.39 is 18.1 Å². The Kier molecular flexibility index (Phi) is 4.27. The fraction of sp³-hybridized carbons (Fsp3) is 0.600. The Bertz CT molecular complexity index is 594. The summed E-state index contributed by atoms with van der Waals surface area (Å²) in [5.41, 5.74) is 0.159. The number of pyridine rings is 1. The van der Waals surface area contributed by atoms with E-state index in [9.17, 15) is 13.2 Å². The van der Waals surface area contributed by atoms with Gasteiger partial charge in [0, 0.05) is 29.9 Å². The van der Waals surface area contributed by atoms with Crippen molar-refractivity contribution < 1.29 is 18.4 Å². The van der Waals surface area contributed by atoms with Gasteiger partial charge in [-0.15, -0.1) is 5.16 Å². The molecule has 8 heteroatoms. The summed E-state index contributed by atoms with van der Waals surface area (Å²) < 4.78 is 38.4. The number of hydrogen-bond acceptors (Lipinski definition) is 4. The van der Waals surface area contributed by atoms with Crippen LogP contribution in [0.4, 0.5) is 13.2 Å². The maximum absolute atomic E-state index is 12.8. The zero-order valence-corrected chi connectivity index (χ0v) is 13.1. The summed E-state index contributed by atoms with van der Waals surface area (Å²) in [6.07, 6.45) is 2.73. The number of fused-ring (bicyclic) bond motifs is 2. The molecule has 2 unspecified atom stereocenters. The van der Waals surface area contributed by atoms with Crippen LogP contribution in [-0.2, 0) is 5.41 Å². The van der Waals surface area contributed by atoms with Crippen molar-refractivity contribution in [2.75, 3.05) is 6.54 Å². The third-order valence-electron chi connectivity index (χ3n) is 4.92. The highest BCUT2D eigenvalue weighted by Gasteiger charge is 2.51. The Morgan fingerprint density at radius 2 is 2.00 bits per heavy atom. The summed E-state index contributed by atoms with van der Waals surface area (Å²) in [6, 6.07) is 1.37. The number of oxime groups is 1. The molecule has 1 N–H and O–H groups in total. The summed E-state index contributed by atoms with van der Waals surface area (Å²) in [5.74, 6) is 0. The van der Waals surface area contributed by atoms with Crippen LogP contribution in [0, 0.1) is 0 Å². The zero-order chi connectivity index (χ0) is 16.7. The second-order valence-electron chi connectivity index (χ2n) is 6.37. The highest BCUT2D eigenvalue weighted by Crippen LogP contribution is 2.47. The van der Waals surface area contributed by atoms with Crippen molar-refractivity contribution in [2.45, 2.75) is 49.4 Å². The molecule has 3 heterocycles. The van der Waals surface area contributed by atoms with Gasteiger partial charge in [-0.1, -0.05) is 11.6 Å². The van der Waals surface area contributed by atoms with Crippen molar-refractivity contribution in [3.8, 4) is 0 Å². The smallest absolute Gasteiger partial charge is 0.401 e. The Morgan fingerprint density at radius 3 is 2.52 bits per heavy atom. The predicted octanol–water partition coefficient (Wildman–Crippen LogP) is 3.62. The molecule has 2 bridgehead atoms. The molecule has 0 radical (unpaired) electrons. The van der Waals surface area contributed by atoms with Crippen LogP contribution in [0.5, 0.6) is 0 Å². The maximum atomic E-state index is 12.8. The van der Waals surface area contributed by atoms with E-state index in [0.717, 1.165) is 18.4 Å². The molecule has 2 aliphatic heterocycles. The number of aromatic nitrogens is 1. The number of nitrogens with zero attached hydrogens (tertiary/aromatic N) is 3. The predicted molar refractivity (Wildman–Crippen MR) is 80.0 cm³/mol.